The van der Waals surface area contributed by atoms with Gasteiger partial charge in [0.25, 0.3) is 5.91 Å². The quantitative estimate of drug-likeness (QED) is 0.00700. The van der Waals surface area contributed by atoms with Crippen LogP contribution in [0.15, 0.2) is 72.2 Å². The summed E-state index contributed by atoms with van der Waals surface area (Å²) in [5, 5.41) is 39.6. The number of Topliss-reactive ketones (excluding diaryl/α,β-unsaturated/α-hetero) is 1. The number of likely N-dealkylation sites (tertiary alicyclic amines) is 2. The lowest BCUT2D eigenvalue weighted by Crippen LogP contribution is -2.61. The number of carbonyl (C=O) groups is 12. The van der Waals surface area contributed by atoms with E-state index in [4.69, 9.17) is 28.7 Å². The molecule has 2 aliphatic rings. The number of unbranched alkanes of at least 4 members (excludes halogenated alkanes) is 1. The number of benzene rings is 2. The van der Waals surface area contributed by atoms with Crippen molar-refractivity contribution in [3.8, 4) is 5.75 Å². The second kappa shape index (κ2) is 35.1. The molecule has 0 bridgehead atoms. The zero-order valence-corrected chi connectivity index (χ0v) is 52.0. The number of primary amides is 1. The van der Waals surface area contributed by atoms with Gasteiger partial charge in [0.15, 0.2) is 17.8 Å². The number of amides is 11. The van der Waals surface area contributed by atoms with Gasteiger partial charge in [0.05, 0.1) is 25.5 Å². The number of phenols is 1. The second-order valence-corrected chi connectivity index (χ2v) is 23.4. The number of ketones is 1. The Morgan fingerprint density at radius 3 is 2.02 bits per heavy atom. The van der Waals surface area contributed by atoms with Crippen molar-refractivity contribution in [1.82, 2.24) is 62.0 Å². The fourth-order valence-corrected chi connectivity index (χ4v) is 11.0. The van der Waals surface area contributed by atoms with Crippen molar-refractivity contribution in [3.05, 3.63) is 84.1 Å². The molecule has 0 unspecified atom stereocenters. The van der Waals surface area contributed by atoms with Crippen molar-refractivity contribution in [1.29, 1.82) is 0 Å². The van der Waals surface area contributed by atoms with Gasteiger partial charge >= 0.3 is 0 Å². The lowest BCUT2D eigenvalue weighted by atomic mass is 10.0. The Kier molecular flexibility index (Phi) is 27.3. The molecule has 32 nitrogen and oxygen atoms in total. The smallest absolute Gasteiger partial charge is 0.253 e. The number of rotatable bonds is 34. The predicted octanol–water partition coefficient (Wildman–Crippen LogP) is -3.85. The largest absolute Gasteiger partial charge is 0.508 e. The number of aromatic nitrogens is 3. The first kappa shape index (κ1) is 72.2. The molecule has 4 heterocycles. The van der Waals surface area contributed by atoms with E-state index in [9.17, 15) is 67.7 Å². The van der Waals surface area contributed by atoms with Gasteiger partial charge in [0.2, 0.25) is 59.1 Å². The van der Waals surface area contributed by atoms with Crippen LogP contribution >= 0.6 is 0 Å². The van der Waals surface area contributed by atoms with Crippen LogP contribution in [0, 0.1) is 5.92 Å². The Balaban J connectivity index is 1.18. The zero-order valence-electron chi connectivity index (χ0n) is 52.0. The van der Waals surface area contributed by atoms with Gasteiger partial charge < -0.3 is 91.0 Å². The van der Waals surface area contributed by atoms with E-state index in [2.05, 4.69) is 57.2 Å². The number of nitrogens with one attached hydrogen (secondary N) is 9. The maximum atomic E-state index is 14.6. The van der Waals surface area contributed by atoms with Gasteiger partial charge in [0.1, 0.15) is 48.0 Å². The molecular formula is C61H86N18O14. The minimum absolute atomic E-state index is 0.00200. The lowest BCUT2D eigenvalue weighted by molar-refractivity contribution is -0.158. The number of para-hydroxylation sites is 1. The molecule has 0 spiro atoms. The Morgan fingerprint density at radius 1 is 0.720 bits per heavy atom. The molecule has 11 amide bonds. The Bertz CT molecular complexity index is 3320. The highest BCUT2D eigenvalue weighted by Crippen LogP contribution is 2.26. The van der Waals surface area contributed by atoms with Crippen LogP contribution in [0.2, 0.25) is 0 Å². The molecule has 2 aromatic carbocycles. The molecule has 0 radical (unpaired) electrons. The number of aromatic hydroxyl groups is 1. The van der Waals surface area contributed by atoms with Gasteiger partial charge in [0, 0.05) is 74.2 Å². The van der Waals surface area contributed by atoms with Crippen molar-refractivity contribution in [2.75, 3.05) is 32.8 Å². The molecule has 9 atom stereocenters. The van der Waals surface area contributed by atoms with Gasteiger partial charge in [-0.25, -0.2) is 4.98 Å². The van der Waals surface area contributed by atoms with Crippen molar-refractivity contribution in [2.24, 2.45) is 39.6 Å². The van der Waals surface area contributed by atoms with E-state index in [1.54, 1.807) is 44.3 Å². The average molecular weight is 1300 g/mol. The third-order valence-corrected chi connectivity index (χ3v) is 15.8. The maximum absolute atomic E-state index is 14.6. The molecule has 21 N–H and O–H groups in total. The van der Waals surface area contributed by atoms with E-state index in [-0.39, 0.29) is 108 Å². The summed E-state index contributed by atoms with van der Waals surface area (Å²) in [6.07, 6.45) is 5.38. The highest BCUT2D eigenvalue weighted by Gasteiger charge is 2.47. The van der Waals surface area contributed by atoms with E-state index in [0.29, 0.717) is 52.0 Å². The number of hydrogen-bond acceptors (Lipinski definition) is 18. The summed E-state index contributed by atoms with van der Waals surface area (Å²) in [5.74, 6) is -11.3. The molecule has 32 heteroatoms. The van der Waals surface area contributed by atoms with Gasteiger partial charge in [-0.2, -0.15) is 0 Å². The Hall–Kier alpha value is -9.82. The third kappa shape index (κ3) is 21.1. The highest BCUT2D eigenvalue weighted by atomic mass is 16.3. The number of nitrogens with zero attached hydrogens (tertiary/aromatic N) is 4. The summed E-state index contributed by atoms with van der Waals surface area (Å²) in [5.41, 5.74) is 30.6. The van der Waals surface area contributed by atoms with E-state index >= 15 is 0 Å². The molecular weight excluding hydrogens is 1210 g/mol. The van der Waals surface area contributed by atoms with Gasteiger partial charge in [-0.3, -0.25) is 67.4 Å². The van der Waals surface area contributed by atoms with E-state index in [1.165, 1.54) is 36.8 Å². The number of guanidine groups is 1. The number of fused-ring (bicyclic) bond motifs is 1. The number of nitrogens with two attached hydrogens (primary N) is 5. The second-order valence-electron chi connectivity index (χ2n) is 23.4. The van der Waals surface area contributed by atoms with Crippen molar-refractivity contribution in [3.63, 3.8) is 0 Å². The Morgan fingerprint density at radius 2 is 1.37 bits per heavy atom. The summed E-state index contributed by atoms with van der Waals surface area (Å²) in [4.78, 5) is 182. The number of aromatic amines is 2. The molecule has 2 saturated heterocycles. The SMILES string of the molecule is CC(C)C[C@H](NC(=O)CNC(=O)[C@H](Cc1ccc(O)cc1)NC(=O)[C@H](CO)NC(=O)[C@H](Cc1c[nH]c2ccccc12)NC(=O)[C@H](Cc1cnc[nH]1)NC(=O)[C@@H](N)CCCCN)C(=O)N[C@@H](CCCN=C(N)N)C(=O)N1CCC[C@H]1C(=O)N1C(=O)CCCC(=O)[C@H]1C(N)=O. The van der Waals surface area contributed by atoms with Crippen LogP contribution in [0.1, 0.15) is 101 Å². The molecule has 4 aromatic rings. The fourth-order valence-electron chi connectivity index (χ4n) is 11.0. The first-order valence-corrected chi connectivity index (χ1v) is 30.9. The van der Waals surface area contributed by atoms with Gasteiger partial charge in [-0.1, -0.05) is 50.6 Å². The molecule has 6 rings (SSSR count). The molecule has 2 aliphatic heterocycles. The first-order chi connectivity index (χ1) is 44.4. The molecule has 0 aliphatic carbocycles. The zero-order chi connectivity index (χ0) is 67.9. The number of aliphatic imine (C=N–C) groups is 1. The van der Waals surface area contributed by atoms with Crippen molar-refractivity contribution >= 4 is 87.6 Å². The fraction of sp³-hybridized carbons (Fsp3) is 0.508. The molecule has 2 aromatic heterocycles. The number of aliphatic hydroxyl groups is 1. The maximum Gasteiger partial charge on any atom is 0.253 e. The van der Waals surface area contributed by atoms with Crippen LogP contribution in [0.25, 0.3) is 10.9 Å². The topological polar surface area (TPSA) is 523 Å². The van der Waals surface area contributed by atoms with Crippen LogP contribution in [-0.4, -0.2) is 199 Å². The van der Waals surface area contributed by atoms with Gasteiger partial charge in [-0.05, 0) is 93.2 Å². The average Bonchev–Trinajstić information content (AvgIpc) is 1.92. The van der Waals surface area contributed by atoms with Gasteiger partial charge in [-0.15, -0.1) is 0 Å². The minimum atomic E-state index is -1.87. The standard InChI is InChI=1S/C61H86N18O14/c1-33(2)24-42(55(88)73-41(13-8-22-68-61(65)66)59(92)78-23-9-14-47(78)60(93)79-50(84)16-7-15-48(82)51(79)52(64)85)72-49(83)30-70-54(87)43(25-34-17-19-37(81)20-18-34)75-58(91)46(31-80)77-56(89)44(26-35-28-69-40-12-4-3-10-38(35)40)76-57(90)45(27-36-29-67-32-71-36)74-53(86)39(63)11-5-6-21-62/h3-4,10,12,17-20,28-29,32-33,39,41-47,51,69,80-81H,5-9,11,13-16,21-27,30-31,62-63H2,1-2H3,(H2,64,85)(H,67,71)(H,70,87)(H,72,83)(H,73,88)(H,74,86)(H,75,91)(H,76,90)(H,77,89)(H4,65,66,68)/t39-,41-,42-,43-,44-,45-,46-,47-,51-/m0/s1. The van der Waals surface area contributed by atoms with Crippen LogP contribution in [-0.2, 0) is 76.8 Å². The number of aliphatic hydroxyl groups excluding tert-OH is 1. The highest BCUT2D eigenvalue weighted by molar-refractivity contribution is 6.14. The Labute approximate surface area is 535 Å². The van der Waals surface area contributed by atoms with Crippen LogP contribution < -0.4 is 65.9 Å². The molecule has 93 heavy (non-hydrogen) atoms. The summed E-state index contributed by atoms with van der Waals surface area (Å²) in [6.45, 7) is 2.08. The third-order valence-electron chi connectivity index (χ3n) is 15.8. The number of phenolic OH excluding ortho intramolecular Hbond substituents is 1. The summed E-state index contributed by atoms with van der Waals surface area (Å²) < 4.78 is 0. The normalized spacial score (nSPS) is 17.1. The van der Waals surface area contributed by atoms with Crippen molar-refractivity contribution in [2.45, 2.75) is 158 Å². The number of imidazole rings is 1. The van der Waals surface area contributed by atoms with Crippen LogP contribution in [0.4, 0.5) is 0 Å². The molecule has 0 saturated carbocycles. The molecule has 504 valence electrons. The monoisotopic (exact) mass is 1290 g/mol. The summed E-state index contributed by atoms with van der Waals surface area (Å²) in [6, 6.07) is -0.283. The number of carbonyl (C=O) groups excluding carboxylic acids is 12. The van der Waals surface area contributed by atoms with E-state index in [0.717, 1.165) is 4.90 Å². The molecule has 2 fully saturated rings. The number of imide groups is 1. The predicted molar refractivity (Wildman–Crippen MR) is 336 cm³/mol. The number of hydrogen-bond donors (Lipinski definition) is 16. The van der Waals surface area contributed by atoms with Crippen LogP contribution in [0.5, 0.6) is 5.75 Å². The minimum Gasteiger partial charge on any atom is -0.508 e. The first-order valence-electron chi connectivity index (χ1n) is 30.9. The lowest BCUT2D eigenvalue weighted by Gasteiger charge is -2.33. The van der Waals surface area contributed by atoms with E-state index in [1.807, 2.05) is 0 Å². The van der Waals surface area contributed by atoms with Crippen molar-refractivity contribution < 1.29 is 67.7 Å². The number of H-pyrrole nitrogens is 2. The van der Waals surface area contributed by atoms with E-state index < -0.39 is 138 Å². The van der Waals surface area contributed by atoms with Crippen LogP contribution in [0.3, 0.4) is 0 Å². The summed E-state index contributed by atoms with van der Waals surface area (Å²) in [7, 11) is 0. The summed E-state index contributed by atoms with van der Waals surface area (Å²) >= 11 is 0.